The van der Waals surface area contributed by atoms with E-state index in [0.717, 1.165) is 106 Å². The van der Waals surface area contributed by atoms with E-state index in [9.17, 15) is 0 Å². The standard InChI is InChI=1S/C56H36N4.C48H31N3.C34H25N3/c1-5-18-37(19-6-1)53-57-54(39-32-33-45-44-28-14-16-31-51(44)60(52(45)35-39)42-25-11-4-12-26-42)59-55(58-53)46-29-17-20-38-34-50-48(36-47(38)46)43-27-13-15-30-49(43)56(50,40-21-7-2-8-22-40)41-23-9-3-10-24-41;1-3-13-32(14-4-1)36-17-11-18-37(31-36)51-45-24-10-8-19-40(45)42-30-29-39-38(21-12-22-41(39)47(42)51)33-25-27-35(28-26-33)48-49-44-23-9-7-20-43(44)46(50-48)34-15-5-2-6-16-34;1-34(2)27-19-10-9-17-25(27)30-28(34)21-20-22-16-11-18-26(29(22)30)33-36-31(23-12-5-3-6-13-23)35-32(37-33)24-14-7-4-8-15-24/h1-36H;1-31H;3-21H,1-2H3. The van der Waals surface area contributed by atoms with Crippen molar-refractivity contribution in [2.45, 2.75) is 24.7 Å². The number of aromatic nitrogens is 10. The van der Waals surface area contributed by atoms with Crippen LogP contribution in [0.4, 0.5) is 0 Å². The first-order valence-corrected chi connectivity index (χ1v) is 50.4. The van der Waals surface area contributed by atoms with E-state index in [1.54, 1.807) is 0 Å². The lowest BCUT2D eigenvalue weighted by Crippen LogP contribution is -2.28. The Morgan fingerprint density at radius 1 is 0.189 bits per heavy atom. The SMILES string of the molecule is CC1(C)c2ccccc2-c2c1ccc1cccc(-c3nc(-c4ccccc4)nc(-c4ccccc4)n3)c21.c1ccc(-c2cccc(-n3c4ccccc4c4ccc5c(-c6ccc(-c7nc(-c8ccccc8)c8ccccc8n7)cc6)cccc5c43)c2)cc1.c1ccc(-c2nc(-c3ccc4c5ccccc5n(-c5ccccc5)c4c3)nc(-c3cccc4cc5c(cc34)-c3ccccc3C5(c3ccccc3)c3ccccc3)n2)cc1. The van der Waals surface area contributed by atoms with E-state index in [1.807, 2.05) is 97.1 Å². The van der Waals surface area contributed by atoms with Crippen LogP contribution in [0.3, 0.4) is 0 Å². The van der Waals surface area contributed by atoms with E-state index in [1.165, 1.54) is 126 Å². The molecule has 2 aliphatic rings. The molecule has 0 radical (unpaired) electrons. The van der Waals surface area contributed by atoms with E-state index in [0.29, 0.717) is 34.9 Å². The van der Waals surface area contributed by atoms with Gasteiger partial charge in [0.2, 0.25) is 0 Å². The van der Waals surface area contributed by atoms with Gasteiger partial charge in [0.25, 0.3) is 0 Å². The number of nitrogens with zero attached hydrogens (tertiary/aromatic N) is 10. The van der Waals surface area contributed by atoms with Gasteiger partial charge in [-0.25, -0.2) is 39.9 Å². The predicted molar refractivity (Wildman–Crippen MR) is 610 cm³/mol. The third kappa shape index (κ3) is 15.0. The molecule has 0 saturated carbocycles. The van der Waals surface area contributed by atoms with Crippen molar-refractivity contribution in [2.24, 2.45) is 0 Å². The molecule has 0 bridgehead atoms. The van der Waals surface area contributed by atoms with E-state index in [2.05, 4.69) is 448 Å². The Hall–Kier alpha value is -19.4. The zero-order valence-electron chi connectivity index (χ0n) is 81.1. The summed E-state index contributed by atoms with van der Waals surface area (Å²) in [5.74, 6) is 4.66. The summed E-state index contributed by atoms with van der Waals surface area (Å²) in [6.45, 7) is 4.63. The molecule has 0 spiro atoms. The number of para-hydroxylation sites is 4. The van der Waals surface area contributed by atoms with Crippen LogP contribution in [-0.2, 0) is 10.8 Å². The Kier molecular flexibility index (Phi) is 21.6. The van der Waals surface area contributed by atoms with Crippen LogP contribution in [0.2, 0.25) is 0 Å². The van der Waals surface area contributed by atoms with Gasteiger partial charge in [0, 0.05) is 99.0 Å². The topological polar surface area (TPSA) is 113 Å². The molecule has 0 N–H and O–H groups in total. The van der Waals surface area contributed by atoms with Crippen molar-refractivity contribution in [3.8, 4) is 147 Å². The molecule has 10 nitrogen and oxygen atoms in total. The number of rotatable bonds is 14. The van der Waals surface area contributed by atoms with Gasteiger partial charge in [0.05, 0.1) is 38.7 Å². The molecule has 5 aromatic heterocycles. The molecule has 0 fully saturated rings. The van der Waals surface area contributed by atoms with Crippen LogP contribution in [0.15, 0.2) is 522 Å². The maximum Gasteiger partial charge on any atom is 0.164 e. The highest BCUT2D eigenvalue weighted by atomic mass is 15.1. The van der Waals surface area contributed by atoms with Crippen molar-refractivity contribution in [1.29, 1.82) is 0 Å². The fourth-order valence-corrected chi connectivity index (χ4v) is 23.0. The summed E-state index contributed by atoms with van der Waals surface area (Å²) < 4.78 is 4.77. The average molecular weight is 1890 g/mol. The zero-order chi connectivity index (χ0) is 98.3. The Labute approximate surface area is 856 Å². The minimum atomic E-state index is -0.486. The first-order valence-electron chi connectivity index (χ1n) is 50.4. The molecule has 0 saturated heterocycles. The molecule has 27 aromatic rings. The second-order valence-electron chi connectivity index (χ2n) is 38.6. The molecule has 694 valence electrons. The van der Waals surface area contributed by atoms with Crippen LogP contribution < -0.4 is 0 Å². The molecule has 0 unspecified atom stereocenters. The first kappa shape index (κ1) is 87.6. The Morgan fingerprint density at radius 3 is 1.26 bits per heavy atom. The third-order valence-corrected chi connectivity index (χ3v) is 29.8. The summed E-state index contributed by atoms with van der Waals surface area (Å²) in [6, 6.07) is 185. The molecule has 29 rings (SSSR count). The monoisotopic (exact) mass is 1890 g/mol. The highest BCUT2D eigenvalue weighted by Gasteiger charge is 2.47. The summed E-state index contributed by atoms with van der Waals surface area (Å²) in [5, 5.41) is 13.0. The summed E-state index contributed by atoms with van der Waals surface area (Å²) in [4.78, 5) is 40.8. The largest absolute Gasteiger partial charge is 0.309 e. The molecule has 0 amide bonds. The number of benzene rings is 22. The van der Waals surface area contributed by atoms with Gasteiger partial charge < -0.3 is 9.13 Å². The lowest BCUT2D eigenvalue weighted by atomic mass is 9.67. The molecule has 22 aromatic carbocycles. The number of hydrogen-bond donors (Lipinski definition) is 0. The Bertz CT molecular complexity index is 9750. The minimum absolute atomic E-state index is 0.0727. The lowest BCUT2D eigenvalue weighted by molar-refractivity contribution is 0.661. The highest BCUT2D eigenvalue weighted by Crippen LogP contribution is 2.59. The van der Waals surface area contributed by atoms with E-state index < -0.39 is 5.41 Å². The molecular formula is C138H92N10. The normalized spacial score (nSPS) is 12.5. The van der Waals surface area contributed by atoms with Crippen molar-refractivity contribution < 1.29 is 0 Å². The van der Waals surface area contributed by atoms with Gasteiger partial charge >= 0.3 is 0 Å². The fraction of sp³-hybridized carbons (Fsp3) is 0.0290. The Morgan fingerprint density at radius 2 is 0.608 bits per heavy atom. The number of hydrogen-bond acceptors (Lipinski definition) is 8. The van der Waals surface area contributed by atoms with E-state index >= 15 is 0 Å². The van der Waals surface area contributed by atoms with Gasteiger partial charge in [-0.1, -0.05) is 475 Å². The summed E-state index contributed by atoms with van der Waals surface area (Å²) in [5.41, 5.74) is 33.7. The molecule has 10 heteroatoms. The van der Waals surface area contributed by atoms with Crippen LogP contribution in [0.25, 0.3) is 234 Å². The van der Waals surface area contributed by atoms with Crippen molar-refractivity contribution in [2.75, 3.05) is 0 Å². The smallest absolute Gasteiger partial charge is 0.164 e. The molecule has 5 heterocycles. The molecule has 2 aliphatic carbocycles. The second kappa shape index (κ2) is 36.5. The van der Waals surface area contributed by atoms with Crippen LogP contribution in [0.1, 0.15) is 47.2 Å². The van der Waals surface area contributed by atoms with E-state index in [4.69, 9.17) is 39.9 Å². The number of fused-ring (bicyclic) bond motifs is 18. The second-order valence-corrected chi connectivity index (χ2v) is 38.6. The van der Waals surface area contributed by atoms with Crippen molar-refractivity contribution in [3.63, 3.8) is 0 Å². The third-order valence-electron chi connectivity index (χ3n) is 29.8. The lowest BCUT2D eigenvalue weighted by Gasteiger charge is -2.34. The quantitative estimate of drug-likeness (QED) is 0.106. The molecule has 0 aliphatic heterocycles. The summed E-state index contributed by atoms with van der Waals surface area (Å²) >= 11 is 0. The molecule has 0 atom stereocenters. The highest BCUT2D eigenvalue weighted by molar-refractivity contribution is 6.21. The van der Waals surface area contributed by atoms with Gasteiger partial charge in [0.15, 0.2) is 40.8 Å². The van der Waals surface area contributed by atoms with Crippen molar-refractivity contribution in [3.05, 3.63) is 555 Å². The van der Waals surface area contributed by atoms with Crippen molar-refractivity contribution in [1.82, 2.24) is 49.0 Å². The maximum absolute atomic E-state index is 5.34. The summed E-state index contributed by atoms with van der Waals surface area (Å²) in [6.07, 6.45) is 0. The Balaban J connectivity index is 0.000000113. The van der Waals surface area contributed by atoms with Crippen LogP contribution in [-0.4, -0.2) is 49.0 Å². The first-order chi connectivity index (χ1) is 73.2. The minimum Gasteiger partial charge on any atom is -0.309 e. The van der Waals surface area contributed by atoms with Crippen LogP contribution >= 0.6 is 0 Å². The molecular weight excluding hydrogens is 1800 g/mol. The van der Waals surface area contributed by atoms with Gasteiger partial charge in [0.1, 0.15) is 0 Å². The van der Waals surface area contributed by atoms with E-state index in [-0.39, 0.29) is 5.41 Å². The zero-order valence-corrected chi connectivity index (χ0v) is 81.1. The van der Waals surface area contributed by atoms with Gasteiger partial charge in [-0.15, -0.1) is 0 Å². The van der Waals surface area contributed by atoms with Crippen LogP contribution in [0.5, 0.6) is 0 Å². The average Bonchev–Trinajstić information content (AvgIpc) is 1.51. The fourth-order valence-electron chi connectivity index (χ4n) is 23.0. The van der Waals surface area contributed by atoms with Gasteiger partial charge in [-0.3, -0.25) is 0 Å². The van der Waals surface area contributed by atoms with Gasteiger partial charge in [-0.05, 0) is 160 Å². The van der Waals surface area contributed by atoms with Crippen LogP contribution in [0, 0.1) is 0 Å². The molecule has 148 heavy (non-hydrogen) atoms. The summed E-state index contributed by atoms with van der Waals surface area (Å²) in [7, 11) is 0. The maximum atomic E-state index is 5.34. The van der Waals surface area contributed by atoms with Gasteiger partial charge in [-0.2, -0.15) is 0 Å². The van der Waals surface area contributed by atoms with Crippen molar-refractivity contribution >= 4 is 86.8 Å². The predicted octanol–water partition coefficient (Wildman–Crippen LogP) is 34.4.